The predicted molar refractivity (Wildman–Crippen MR) is 120 cm³/mol. The van der Waals surface area contributed by atoms with E-state index in [1.807, 2.05) is 0 Å². The van der Waals surface area contributed by atoms with E-state index in [-0.39, 0.29) is 36.3 Å². The van der Waals surface area contributed by atoms with Gasteiger partial charge in [-0.3, -0.25) is 4.99 Å². The Labute approximate surface area is 186 Å². The molecule has 2 aromatic carbocycles. The number of benzene rings is 2. The van der Waals surface area contributed by atoms with Crippen LogP contribution in [-0.4, -0.2) is 34.3 Å². The molecule has 0 aliphatic carbocycles. The molecule has 2 aromatic rings. The summed E-state index contributed by atoms with van der Waals surface area (Å²) >= 11 is 0. The highest BCUT2D eigenvalue weighted by atomic mass is 127. The third-order valence-corrected chi connectivity index (χ3v) is 5.21. The molecule has 0 spiro atoms. The average Bonchev–Trinajstić information content (AvgIpc) is 2.61. The second kappa shape index (κ2) is 11.3. The molecule has 29 heavy (non-hydrogen) atoms. The lowest BCUT2D eigenvalue weighted by Crippen LogP contribution is -2.36. The van der Waals surface area contributed by atoms with Crippen molar-refractivity contribution in [3.8, 4) is 5.75 Å². The number of hydrogen-bond acceptors (Lipinski definition) is 4. The van der Waals surface area contributed by atoms with E-state index in [4.69, 9.17) is 0 Å². The van der Waals surface area contributed by atoms with Crippen molar-refractivity contribution in [2.24, 2.45) is 4.99 Å². The van der Waals surface area contributed by atoms with Crippen LogP contribution in [0.5, 0.6) is 5.75 Å². The van der Waals surface area contributed by atoms with Gasteiger partial charge in [0.15, 0.2) is 15.8 Å². The SMILES string of the molecule is CN=C(NCc1ccc(S(C)(=O)=O)c(C)c1)NCc1ccccc1OC(F)F.I. The maximum Gasteiger partial charge on any atom is 0.387 e. The number of rotatable bonds is 7. The van der Waals surface area contributed by atoms with Crippen molar-refractivity contribution in [1.82, 2.24) is 10.6 Å². The summed E-state index contributed by atoms with van der Waals surface area (Å²) < 4.78 is 52.9. The van der Waals surface area contributed by atoms with Gasteiger partial charge in [-0.2, -0.15) is 8.78 Å². The molecule has 0 radical (unpaired) electrons. The first-order valence-electron chi connectivity index (χ1n) is 8.47. The molecule has 0 atom stereocenters. The molecule has 0 saturated heterocycles. The molecule has 6 nitrogen and oxygen atoms in total. The highest BCUT2D eigenvalue weighted by Crippen LogP contribution is 2.20. The van der Waals surface area contributed by atoms with Gasteiger partial charge in [0.2, 0.25) is 0 Å². The summed E-state index contributed by atoms with van der Waals surface area (Å²) in [5, 5.41) is 6.14. The largest absolute Gasteiger partial charge is 0.434 e. The fourth-order valence-electron chi connectivity index (χ4n) is 2.68. The molecule has 160 valence electrons. The van der Waals surface area contributed by atoms with Crippen LogP contribution in [0.3, 0.4) is 0 Å². The predicted octanol–water partition coefficient (Wildman–Crippen LogP) is 3.48. The Balaban J connectivity index is 0.00000420. The van der Waals surface area contributed by atoms with Crippen molar-refractivity contribution in [3.63, 3.8) is 0 Å². The third kappa shape index (κ3) is 7.77. The molecule has 2 N–H and O–H groups in total. The number of para-hydroxylation sites is 1. The Kier molecular flexibility index (Phi) is 9.77. The molecule has 0 aliphatic heterocycles. The van der Waals surface area contributed by atoms with E-state index in [9.17, 15) is 17.2 Å². The van der Waals surface area contributed by atoms with Crippen LogP contribution in [-0.2, 0) is 22.9 Å². The molecule has 10 heteroatoms. The van der Waals surface area contributed by atoms with Crippen molar-refractivity contribution >= 4 is 39.8 Å². The van der Waals surface area contributed by atoms with Crippen molar-refractivity contribution in [2.75, 3.05) is 13.3 Å². The molecule has 0 amide bonds. The first-order valence-corrected chi connectivity index (χ1v) is 10.4. The van der Waals surface area contributed by atoms with Gasteiger partial charge in [0.1, 0.15) is 5.75 Å². The van der Waals surface area contributed by atoms with Crippen LogP contribution >= 0.6 is 24.0 Å². The number of guanidine groups is 1. The minimum Gasteiger partial charge on any atom is -0.434 e. The maximum absolute atomic E-state index is 12.5. The maximum atomic E-state index is 12.5. The van der Waals surface area contributed by atoms with Crippen LogP contribution in [0.15, 0.2) is 52.4 Å². The molecule has 0 heterocycles. The normalized spacial score (nSPS) is 11.7. The number of ether oxygens (including phenoxy) is 1. The van der Waals surface area contributed by atoms with E-state index < -0.39 is 16.4 Å². The average molecular weight is 539 g/mol. The molecule has 0 aromatic heterocycles. The Morgan fingerprint density at radius 2 is 1.79 bits per heavy atom. The number of halogens is 3. The summed E-state index contributed by atoms with van der Waals surface area (Å²) in [6, 6.07) is 11.6. The van der Waals surface area contributed by atoms with Gasteiger partial charge in [-0.15, -0.1) is 24.0 Å². The van der Waals surface area contributed by atoms with Crippen LogP contribution in [0.25, 0.3) is 0 Å². The molecular weight excluding hydrogens is 515 g/mol. The Bertz CT molecular complexity index is 953. The molecular formula is C19H24F2IN3O3S. The summed E-state index contributed by atoms with van der Waals surface area (Å²) in [4.78, 5) is 4.40. The number of aliphatic imine (C=N–C) groups is 1. The van der Waals surface area contributed by atoms with Gasteiger partial charge < -0.3 is 15.4 Å². The number of hydrogen-bond donors (Lipinski definition) is 2. The Hall–Kier alpha value is -1.95. The van der Waals surface area contributed by atoms with Gasteiger partial charge in [-0.25, -0.2) is 8.42 Å². The van der Waals surface area contributed by atoms with Crippen molar-refractivity contribution in [2.45, 2.75) is 31.5 Å². The third-order valence-electron chi connectivity index (χ3n) is 3.96. The first kappa shape index (κ1) is 25.1. The van der Waals surface area contributed by atoms with Crippen LogP contribution in [0.2, 0.25) is 0 Å². The smallest absolute Gasteiger partial charge is 0.387 e. The van der Waals surface area contributed by atoms with Crippen LogP contribution < -0.4 is 15.4 Å². The molecule has 0 unspecified atom stereocenters. The highest BCUT2D eigenvalue weighted by molar-refractivity contribution is 14.0. The fourth-order valence-corrected chi connectivity index (χ4v) is 3.64. The number of nitrogens with one attached hydrogen (secondary N) is 2. The number of sulfone groups is 1. The van der Waals surface area contributed by atoms with E-state index in [1.165, 1.54) is 12.3 Å². The summed E-state index contributed by atoms with van der Waals surface area (Å²) in [6.45, 7) is -0.488. The van der Waals surface area contributed by atoms with Crippen molar-refractivity contribution in [1.29, 1.82) is 0 Å². The number of aryl methyl sites for hydroxylation is 1. The first-order chi connectivity index (χ1) is 13.2. The minimum absolute atomic E-state index is 0. The topological polar surface area (TPSA) is 79.8 Å². The second-order valence-corrected chi connectivity index (χ2v) is 8.12. The molecule has 0 fully saturated rings. The van der Waals surface area contributed by atoms with Crippen LogP contribution in [0.1, 0.15) is 16.7 Å². The minimum atomic E-state index is -3.26. The van der Waals surface area contributed by atoms with Crippen molar-refractivity contribution < 1.29 is 21.9 Å². The molecule has 0 bridgehead atoms. The number of alkyl halides is 2. The fraction of sp³-hybridized carbons (Fsp3) is 0.316. The van der Waals surface area contributed by atoms with Crippen molar-refractivity contribution in [3.05, 3.63) is 59.2 Å². The molecule has 2 rings (SSSR count). The zero-order valence-corrected chi connectivity index (χ0v) is 19.4. The summed E-state index contributed by atoms with van der Waals surface area (Å²) in [7, 11) is -1.67. The zero-order chi connectivity index (χ0) is 20.7. The Morgan fingerprint density at radius 3 is 2.38 bits per heavy atom. The Morgan fingerprint density at radius 1 is 1.14 bits per heavy atom. The second-order valence-electron chi connectivity index (χ2n) is 6.14. The quantitative estimate of drug-likeness (QED) is 0.320. The monoisotopic (exact) mass is 539 g/mol. The molecule has 0 aliphatic rings. The summed E-state index contributed by atoms with van der Waals surface area (Å²) in [6.07, 6.45) is 1.18. The highest BCUT2D eigenvalue weighted by Gasteiger charge is 2.12. The van der Waals surface area contributed by atoms with Gasteiger partial charge in [0.05, 0.1) is 4.90 Å². The van der Waals surface area contributed by atoms with Gasteiger partial charge in [0, 0.05) is 32.0 Å². The lowest BCUT2D eigenvalue weighted by Gasteiger charge is -2.15. The lowest BCUT2D eigenvalue weighted by molar-refractivity contribution is -0.0504. The van der Waals surface area contributed by atoms with Crippen LogP contribution in [0, 0.1) is 6.92 Å². The van der Waals surface area contributed by atoms with E-state index in [0.717, 1.165) is 5.56 Å². The van der Waals surface area contributed by atoms with Gasteiger partial charge >= 0.3 is 6.61 Å². The van der Waals surface area contributed by atoms with Gasteiger partial charge in [-0.1, -0.05) is 30.3 Å². The van der Waals surface area contributed by atoms with E-state index in [2.05, 4.69) is 20.4 Å². The van der Waals surface area contributed by atoms with E-state index in [1.54, 1.807) is 50.4 Å². The molecule has 0 saturated carbocycles. The van der Waals surface area contributed by atoms with E-state index >= 15 is 0 Å². The van der Waals surface area contributed by atoms with Gasteiger partial charge in [-0.05, 0) is 30.2 Å². The lowest BCUT2D eigenvalue weighted by atomic mass is 10.1. The van der Waals surface area contributed by atoms with Crippen LogP contribution in [0.4, 0.5) is 8.78 Å². The van der Waals surface area contributed by atoms with E-state index in [0.29, 0.717) is 28.5 Å². The summed E-state index contributed by atoms with van der Waals surface area (Å²) in [5.74, 6) is 0.573. The van der Waals surface area contributed by atoms with Gasteiger partial charge in [0.25, 0.3) is 0 Å². The zero-order valence-electron chi connectivity index (χ0n) is 16.3. The standard InChI is InChI=1S/C19H23F2N3O3S.HI/c1-13-10-14(8-9-17(13)28(3,25)26)11-23-19(22-2)24-12-15-6-4-5-7-16(15)27-18(20)21;/h4-10,18H,11-12H2,1-3H3,(H2,22,23,24);1H. The number of nitrogens with zero attached hydrogens (tertiary/aromatic N) is 1. The summed E-state index contributed by atoms with van der Waals surface area (Å²) in [5.41, 5.74) is 2.12.